The van der Waals surface area contributed by atoms with E-state index in [-0.39, 0.29) is 6.67 Å². The van der Waals surface area contributed by atoms with Crippen molar-refractivity contribution in [1.29, 1.82) is 0 Å². The van der Waals surface area contributed by atoms with Crippen molar-refractivity contribution in [3.63, 3.8) is 0 Å². The van der Waals surface area contributed by atoms with Gasteiger partial charge in [-0.2, -0.15) is 0 Å². The Labute approximate surface area is 37.4 Å². The molecule has 0 atom stereocenters. The molecule has 0 aliphatic heterocycles. The van der Waals surface area contributed by atoms with Gasteiger partial charge in [0.25, 0.3) is 0 Å². The molecule has 0 heterocycles. The second-order valence-corrected chi connectivity index (χ2v) is 1.69. The molecule has 0 spiro atoms. The van der Waals surface area contributed by atoms with Crippen molar-refractivity contribution in [2.75, 3.05) is 6.67 Å². The molecule has 1 heteroatoms. The third-order valence-corrected chi connectivity index (χ3v) is 1.05. The molecule has 6 heavy (non-hydrogen) atoms. The minimum Gasteiger partial charge on any atom is -0.251 e. The summed E-state index contributed by atoms with van der Waals surface area (Å²) < 4.78 is 11.3. The molecule has 1 saturated carbocycles. The molecule has 0 bridgehead atoms. The minimum absolute atomic E-state index is 0.144. The average molecular weight is 87.1 g/mol. The average Bonchev–Trinajstić information content (AvgIpc) is 2.21. The van der Waals surface area contributed by atoms with Gasteiger partial charge in [0.2, 0.25) is 0 Å². The van der Waals surface area contributed by atoms with Gasteiger partial charge in [-0.1, -0.05) is 0 Å². The Bertz CT molecular complexity index is 39.2. The molecule has 1 rings (SSSR count). The summed E-state index contributed by atoms with van der Waals surface area (Å²) in [7, 11) is 0. The Hall–Kier alpha value is -0.0700. The fraction of sp³-hybridized carbons (Fsp3) is 0.800. The summed E-state index contributed by atoms with van der Waals surface area (Å²) in [5, 5.41) is 0. The molecular formula is C5H8F. The van der Waals surface area contributed by atoms with Gasteiger partial charge >= 0.3 is 0 Å². The molecule has 0 unspecified atom stereocenters. The molecule has 0 aromatic heterocycles. The molecule has 0 saturated heterocycles. The highest BCUT2D eigenvalue weighted by molar-refractivity contribution is 5.04. The maximum Gasteiger partial charge on any atom is 0.0900 e. The largest absolute Gasteiger partial charge is 0.251 e. The summed E-state index contributed by atoms with van der Waals surface area (Å²) in [6.45, 7) is -0.144. The molecule has 0 N–H and O–H groups in total. The Morgan fingerprint density at radius 2 is 2.17 bits per heavy atom. The molecule has 0 aromatic carbocycles. The highest BCUT2D eigenvalue weighted by Crippen LogP contribution is 2.34. The van der Waals surface area contributed by atoms with E-state index in [9.17, 15) is 4.39 Å². The molecule has 35 valence electrons. The van der Waals surface area contributed by atoms with Gasteiger partial charge in [0, 0.05) is 0 Å². The molecule has 0 amide bonds. The first-order chi connectivity index (χ1) is 2.93. The first-order valence-electron chi connectivity index (χ1n) is 2.33. The first kappa shape index (κ1) is 4.10. The normalized spacial score (nSPS) is 21.5. The van der Waals surface area contributed by atoms with Gasteiger partial charge in [0.1, 0.15) is 0 Å². The van der Waals surface area contributed by atoms with Crippen molar-refractivity contribution in [3.8, 4) is 0 Å². The van der Waals surface area contributed by atoms with E-state index in [0.29, 0.717) is 0 Å². The van der Waals surface area contributed by atoms with Crippen molar-refractivity contribution >= 4 is 0 Å². The SMILES string of the molecule is FCC[C]1CC1. The Morgan fingerprint density at radius 3 is 2.33 bits per heavy atom. The lowest BCUT2D eigenvalue weighted by molar-refractivity contribution is 0.489. The third-order valence-electron chi connectivity index (χ3n) is 1.05. The molecule has 1 aliphatic carbocycles. The topological polar surface area (TPSA) is 0 Å². The number of rotatable bonds is 2. The summed E-state index contributed by atoms with van der Waals surface area (Å²) in [4.78, 5) is 0. The molecule has 0 aromatic rings. The highest BCUT2D eigenvalue weighted by Gasteiger charge is 2.20. The molecule has 1 aliphatic rings. The van der Waals surface area contributed by atoms with Crippen LogP contribution >= 0.6 is 0 Å². The molecule has 1 fully saturated rings. The van der Waals surface area contributed by atoms with Gasteiger partial charge in [-0.3, -0.25) is 4.39 Å². The molecule has 1 radical (unpaired) electrons. The summed E-state index contributed by atoms with van der Waals surface area (Å²) in [6, 6.07) is 0. The quantitative estimate of drug-likeness (QED) is 0.481. The lowest BCUT2D eigenvalue weighted by Crippen LogP contribution is -1.72. The zero-order valence-corrected chi connectivity index (χ0v) is 3.71. The van der Waals surface area contributed by atoms with Crippen LogP contribution in [0.25, 0.3) is 0 Å². The van der Waals surface area contributed by atoms with Crippen LogP contribution in [0.3, 0.4) is 0 Å². The van der Waals surface area contributed by atoms with Crippen molar-refractivity contribution in [3.05, 3.63) is 5.92 Å². The van der Waals surface area contributed by atoms with Gasteiger partial charge in [0.05, 0.1) is 6.67 Å². The van der Waals surface area contributed by atoms with E-state index >= 15 is 0 Å². The lowest BCUT2D eigenvalue weighted by Gasteiger charge is -1.79. The number of hydrogen-bond acceptors (Lipinski definition) is 0. The Kier molecular flexibility index (Phi) is 1.08. The minimum atomic E-state index is -0.144. The van der Waals surface area contributed by atoms with E-state index in [0.717, 1.165) is 6.42 Å². The van der Waals surface area contributed by atoms with Gasteiger partial charge in [-0.25, -0.2) is 0 Å². The second kappa shape index (κ2) is 1.59. The van der Waals surface area contributed by atoms with Crippen LogP contribution in [0.15, 0.2) is 0 Å². The van der Waals surface area contributed by atoms with Crippen LogP contribution in [-0.2, 0) is 0 Å². The summed E-state index contributed by atoms with van der Waals surface area (Å²) in [5.74, 6) is 1.41. The summed E-state index contributed by atoms with van der Waals surface area (Å²) >= 11 is 0. The van der Waals surface area contributed by atoms with Crippen molar-refractivity contribution in [2.24, 2.45) is 0 Å². The Balaban J connectivity index is 1.88. The maximum absolute atomic E-state index is 11.3. The van der Waals surface area contributed by atoms with Crippen molar-refractivity contribution in [2.45, 2.75) is 19.3 Å². The first-order valence-corrected chi connectivity index (χ1v) is 2.33. The van der Waals surface area contributed by atoms with Crippen LogP contribution < -0.4 is 0 Å². The fourth-order valence-electron chi connectivity index (χ4n) is 0.472. The zero-order chi connectivity index (χ0) is 4.41. The highest BCUT2D eigenvalue weighted by atomic mass is 19.1. The van der Waals surface area contributed by atoms with E-state index in [2.05, 4.69) is 0 Å². The molecular weight excluding hydrogens is 79.1 g/mol. The predicted octanol–water partition coefficient (Wildman–Crippen LogP) is 1.71. The monoisotopic (exact) mass is 87.1 g/mol. The van der Waals surface area contributed by atoms with Crippen LogP contribution in [0.5, 0.6) is 0 Å². The maximum atomic E-state index is 11.3. The third kappa shape index (κ3) is 0.959. The van der Waals surface area contributed by atoms with Crippen LogP contribution in [0.1, 0.15) is 19.3 Å². The van der Waals surface area contributed by atoms with Gasteiger partial charge in [-0.05, 0) is 25.2 Å². The zero-order valence-electron chi connectivity index (χ0n) is 3.71. The smallest absolute Gasteiger partial charge is 0.0900 e. The van der Waals surface area contributed by atoms with E-state index in [1.165, 1.54) is 18.8 Å². The number of alkyl halides is 1. The van der Waals surface area contributed by atoms with Gasteiger partial charge in [-0.15, -0.1) is 0 Å². The molecule has 0 nitrogen and oxygen atoms in total. The van der Waals surface area contributed by atoms with E-state index in [1.54, 1.807) is 0 Å². The van der Waals surface area contributed by atoms with E-state index < -0.39 is 0 Å². The van der Waals surface area contributed by atoms with Crippen LogP contribution in [0.4, 0.5) is 4.39 Å². The predicted molar refractivity (Wildman–Crippen MR) is 23.1 cm³/mol. The van der Waals surface area contributed by atoms with Crippen LogP contribution in [-0.4, -0.2) is 6.67 Å². The second-order valence-electron chi connectivity index (χ2n) is 1.69. The standard InChI is InChI=1S/C5H8F/c6-4-3-5-1-2-5/h1-4H2. The van der Waals surface area contributed by atoms with Gasteiger partial charge < -0.3 is 0 Å². The lowest BCUT2D eigenvalue weighted by atomic mass is 10.3. The van der Waals surface area contributed by atoms with Crippen molar-refractivity contribution < 1.29 is 4.39 Å². The summed E-state index contributed by atoms with van der Waals surface area (Å²) in [6.07, 6.45) is 3.13. The number of halogens is 1. The number of hydrogen-bond donors (Lipinski definition) is 0. The Morgan fingerprint density at radius 1 is 1.50 bits per heavy atom. The van der Waals surface area contributed by atoms with Crippen LogP contribution in [0.2, 0.25) is 0 Å². The van der Waals surface area contributed by atoms with E-state index in [1.807, 2.05) is 0 Å². The summed E-state index contributed by atoms with van der Waals surface area (Å²) in [5.41, 5.74) is 0. The fourth-order valence-corrected chi connectivity index (χ4v) is 0.472. The van der Waals surface area contributed by atoms with Gasteiger partial charge in [0.15, 0.2) is 0 Å². The van der Waals surface area contributed by atoms with Crippen molar-refractivity contribution in [1.82, 2.24) is 0 Å². The van der Waals surface area contributed by atoms with Crippen LogP contribution in [0, 0.1) is 5.92 Å². The van der Waals surface area contributed by atoms with E-state index in [4.69, 9.17) is 0 Å².